The van der Waals surface area contributed by atoms with Crippen LogP contribution in [0.3, 0.4) is 0 Å². The molecule has 1 unspecified atom stereocenters. The van der Waals surface area contributed by atoms with Gasteiger partial charge < -0.3 is 16.0 Å². The summed E-state index contributed by atoms with van der Waals surface area (Å²) in [7, 11) is 0. The number of carbonyl (C=O) groups excluding carboxylic acids is 3. The third-order valence-electron chi connectivity index (χ3n) is 5.06. The Balaban J connectivity index is 1.68. The maximum absolute atomic E-state index is 12.8. The molecular formula is C26H26ClN3O3. The van der Waals surface area contributed by atoms with Gasteiger partial charge in [0, 0.05) is 18.5 Å². The van der Waals surface area contributed by atoms with Crippen molar-refractivity contribution in [1.29, 1.82) is 0 Å². The van der Waals surface area contributed by atoms with Crippen LogP contribution in [-0.2, 0) is 16.1 Å². The first-order valence-corrected chi connectivity index (χ1v) is 10.9. The number of anilines is 1. The van der Waals surface area contributed by atoms with E-state index in [0.29, 0.717) is 22.8 Å². The molecule has 1 atom stereocenters. The Hall–Kier alpha value is -3.64. The van der Waals surface area contributed by atoms with E-state index in [4.69, 9.17) is 11.6 Å². The summed E-state index contributed by atoms with van der Waals surface area (Å²) in [6.07, 6.45) is 0.000528. The molecule has 170 valence electrons. The standard InChI is InChI=1S/C26H26ClN3O3/c1-17-7-9-19(10-8-17)16-28-26(33)22-5-3-4-6-23(22)30-25(32)15-24(29-18(2)31)20-11-13-21(27)14-12-20/h3-14,24H,15-16H2,1-2H3,(H,28,33)(H,29,31)(H,30,32). The number of hydrogen-bond acceptors (Lipinski definition) is 3. The molecule has 0 radical (unpaired) electrons. The molecule has 3 rings (SSSR count). The summed E-state index contributed by atoms with van der Waals surface area (Å²) in [4.78, 5) is 37.3. The summed E-state index contributed by atoms with van der Waals surface area (Å²) < 4.78 is 0. The van der Waals surface area contributed by atoms with E-state index in [0.717, 1.165) is 16.7 Å². The van der Waals surface area contributed by atoms with Gasteiger partial charge in [0.25, 0.3) is 5.91 Å². The van der Waals surface area contributed by atoms with E-state index in [9.17, 15) is 14.4 Å². The van der Waals surface area contributed by atoms with Gasteiger partial charge in [-0.2, -0.15) is 0 Å². The second-order valence-electron chi connectivity index (χ2n) is 7.77. The van der Waals surface area contributed by atoms with Gasteiger partial charge in [-0.1, -0.05) is 65.7 Å². The van der Waals surface area contributed by atoms with Crippen molar-refractivity contribution in [1.82, 2.24) is 10.6 Å². The van der Waals surface area contributed by atoms with E-state index in [-0.39, 0.29) is 24.1 Å². The zero-order valence-electron chi connectivity index (χ0n) is 18.5. The average molecular weight is 464 g/mol. The maximum Gasteiger partial charge on any atom is 0.253 e. The summed E-state index contributed by atoms with van der Waals surface area (Å²) in [6, 6.07) is 21.1. The van der Waals surface area contributed by atoms with E-state index in [2.05, 4.69) is 16.0 Å². The van der Waals surface area contributed by atoms with Gasteiger partial charge in [-0.15, -0.1) is 0 Å². The highest BCUT2D eigenvalue weighted by molar-refractivity contribution is 6.30. The minimum absolute atomic E-state index is 0.000528. The van der Waals surface area contributed by atoms with Gasteiger partial charge in [-0.3, -0.25) is 14.4 Å². The highest BCUT2D eigenvalue weighted by atomic mass is 35.5. The van der Waals surface area contributed by atoms with Crippen molar-refractivity contribution in [2.24, 2.45) is 0 Å². The lowest BCUT2D eigenvalue weighted by Crippen LogP contribution is -2.30. The number of nitrogens with one attached hydrogen (secondary N) is 3. The summed E-state index contributed by atoms with van der Waals surface area (Å²) in [5.41, 5.74) is 3.65. The number of aryl methyl sites for hydroxylation is 1. The van der Waals surface area contributed by atoms with E-state index >= 15 is 0 Å². The molecule has 0 bridgehead atoms. The van der Waals surface area contributed by atoms with E-state index < -0.39 is 6.04 Å². The highest BCUT2D eigenvalue weighted by Crippen LogP contribution is 2.22. The lowest BCUT2D eigenvalue weighted by molar-refractivity contribution is -0.120. The fraction of sp³-hybridized carbons (Fsp3) is 0.192. The number of halogens is 1. The highest BCUT2D eigenvalue weighted by Gasteiger charge is 2.19. The molecule has 3 amide bonds. The van der Waals surface area contributed by atoms with Crippen LogP contribution in [0.1, 0.15) is 46.4 Å². The molecular weight excluding hydrogens is 438 g/mol. The first-order chi connectivity index (χ1) is 15.8. The Kier molecular flexibility index (Phi) is 8.22. The van der Waals surface area contributed by atoms with Crippen molar-refractivity contribution in [3.63, 3.8) is 0 Å². The summed E-state index contributed by atoms with van der Waals surface area (Å²) in [5, 5.41) is 9.05. The van der Waals surface area contributed by atoms with Crippen LogP contribution < -0.4 is 16.0 Å². The zero-order chi connectivity index (χ0) is 23.8. The molecule has 0 aliphatic carbocycles. The molecule has 0 heterocycles. The van der Waals surface area contributed by atoms with Gasteiger partial charge in [0.1, 0.15) is 0 Å². The van der Waals surface area contributed by atoms with Gasteiger partial charge in [0.15, 0.2) is 0 Å². The van der Waals surface area contributed by atoms with Crippen molar-refractivity contribution >= 4 is 35.0 Å². The second-order valence-corrected chi connectivity index (χ2v) is 8.21. The third-order valence-corrected chi connectivity index (χ3v) is 5.31. The molecule has 0 saturated heterocycles. The predicted molar refractivity (Wildman–Crippen MR) is 130 cm³/mol. The van der Waals surface area contributed by atoms with Crippen LogP contribution in [0.25, 0.3) is 0 Å². The SMILES string of the molecule is CC(=O)NC(CC(=O)Nc1ccccc1C(=O)NCc1ccc(C)cc1)c1ccc(Cl)cc1. The second kappa shape index (κ2) is 11.3. The Morgan fingerprint density at radius 1 is 0.909 bits per heavy atom. The largest absolute Gasteiger partial charge is 0.349 e. The number of rotatable bonds is 8. The van der Waals surface area contributed by atoms with E-state index in [1.165, 1.54) is 6.92 Å². The Morgan fingerprint density at radius 2 is 1.58 bits per heavy atom. The molecule has 0 aliphatic heterocycles. The average Bonchev–Trinajstić information content (AvgIpc) is 2.78. The first kappa shape index (κ1) is 24.0. The summed E-state index contributed by atoms with van der Waals surface area (Å²) in [6.45, 7) is 3.78. The first-order valence-electron chi connectivity index (χ1n) is 10.6. The minimum atomic E-state index is -0.526. The lowest BCUT2D eigenvalue weighted by Gasteiger charge is -2.19. The van der Waals surface area contributed by atoms with E-state index in [1.54, 1.807) is 48.5 Å². The number of hydrogen-bond donors (Lipinski definition) is 3. The molecule has 0 saturated carbocycles. The van der Waals surface area contributed by atoms with Gasteiger partial charge in [0.05, 0.1) is 23.7 Å². The van der Waals surface area contributed by atoms with Gasteiger partial charge in [0.2, 0.25) is 11.8 Å². The molecule has 0 aromatic heterocycles. The monoisotopic (exact) mass is 463 g/mol. The molecule has 33 heavy (non-hydrogen) atoms. The van der Waals surface area contributed by atoms with Crippen LogP contribution in [-0.4, -0.2) is 17.7 Å². The number of benzene rings is 3. The van der Waals surface area contributed by atoms with Crippen molar-refractivity contribution in [3.8, 4) is 0 Å². The fourth-order valence-electron chi connectivity index (χ4n) is 3.35. The number of carbonyl (C=O) groups is 3. The van der Waals surface area contributed by atoms with E-state index in [1.807, 2.05) is 31.2 Å². The van der Waals surface area contributed by atoms with Crippen molar-refractivity contribution in [3.05, 3.63) is 100 Å². The summed E-state index contributed by atoms with van der Waals surface area (Å²) >= 11 is 5.95. The zero-order valence-corrected chi connectivity index (χ0v) is 19.3. The van der Waals surface area contributed by atoms with Crippen molar-refractivity contribution in [2.45, 2.75) is 32.9 Å². The predicted octanol–water partition coefficient (Wildman–Crippen LogP) is 4.78. The van der Waals surface area contributed by atoms with Crippen LogP contribution in [0, 0.1) is 6.92 Å². The molecule has 3 aromatic carbocycles. The molecule has 0 spiro atoms. The van der Waals surface area contributed by atoms with Crippen LogP contribution in [0.4, 0.5) is 5.69 Å². The van der Waals surface area contributed by atoms with Crippen LogP contribution in [0.15, 0.2) is 72.8 Å². The van der Waals surface area contributed by atoms with Crippen molar-refractivity contribution in [2.75, 3.05) is 5.32 Å². The topological polar surface area (TPSA) is 87.3 Å². The molecule has 3 aromatic rings. The van der Waals surface area contributed by atoms with Gasteiger partial charge >= 0.3 is 0 Å². The maximum atomic E-state index is 12.8. The fourth-order valence-corrected chi connectivity index (χ4v) is 3.48. The Bertz CT molecular complexity index is 1130. The quantitative estimate of drug-likeness (QED) is 0.449. The Morgan fingerprint density at radius 3 is 2.24 bits per heavy atom. The molecule has 0 fully saturated rings. The molecule has 7 heteroatoms. The van der Waals surface area contributed by atoms with Gasteiger partial charge in [-0.05, 0) is 42.3 Å². The smallest absolute Gasteiger partial charge is 0.253 e. The molecule has 6 nitrogen and oxygen atoms in total. The molecule has 3 N–H and O–H groups in total. The number of para-hydroxylation sites is 1. The van der Waals surface area contributed by atoms with Crippen LogP contribution in [0.2, 0.25) is 5.02 Å². The van der Waals surface area contributed by atoms with Gasteiger partial charge in [-0.25, -0.2) is 0 Å². The van der Waals surface area contributed by atoms with Crippen LogP contribution in [0.5, 0.6) is 0 Å². The Labute approximate surface area is 198 Å². The van der Waals surface area contributed by atoms with Crippen LogP contribution >= 0.6 is 11.6 Å². The summed E-state index contributed by atoms with van der Waals surface area (Å²) in [5.74, 6) is -0.872. The number of amides is 3. The minimum Gasteiger partial charge on any atom is -0.349 e. The lowest BCUT2D eigenvalue weighted by atomic mass is 10.0. The normalized spacial score (nSPS) is 11.4. The third kappa shape index (κ3) is 7.19. The molecule has 0 aliphatic rings. The van der Waals surface area contributed by atoms with Crippen molar-refractivity contribution < 1.29 is 14.4 Å².